The number of rotatable bonds is 2. The van der Waals surface area contributed by atoms with Crippen LogP contribution >= 0.6 is 23.1 Å². The van der Waals surface area contributed by atoms with E-state index >= 15 is 0 Å². The number of hydrogen-bond donors (Lipinski definition) is 1. The highest BCUT2D eigenvalue weighted by molar-refractivity contribution is 7.10. The fourth-order valence-corrected chi connectivity index (χ4v) is 2.35. The van der Waals surface area contributed by atoms with Crippen LogP contribution in [0.5, 0.6) is 0 Å². The van der Waals surface area contributed by atoms with Crippen LogP contribution in [0.2, 0.25) is 5.15 Å². The van der Waals surface area contributed by atoms with Crippen LogP contribution in [0.4, 0.5) is 5.00 Å². The number of carbonyl (C=O) groups excluding carboxylic acids is 1. The molecule has 1 aromatic carbocycles. The van der Waals surface area contributed by atoms with E-state index in [0.29, 0.717) is 16.1 Å². The number of fused-ring (bicyclic) bond motifs is 1. The van der Waals surface area contributed by atoms with Gasteiger partial charge in [-0.3, -0.25) is 4.79 Å². The van der Waals surface area contributed by atoms with Crippen molar-refractivity contribution in [1.29, 1.82) is 0 Å². The molecular weight excluding hydrogens is 284 g/mol. The molecule has 0 saturated heterocycles. The van der Waals surface area contributed by atoms with Crippen molar-refractivity contribution in [2.24, 2.45) is 0 Å². The van der Waals surface area contributed by atoms with Gasteiger partial charge >= 0.3 is 0 Å². The molecule has 1 amide bonds. The summed E-state index contributed by atoms with van der Waals surface area (Å²) in [5, 5.41) is 8.01. The number of carbonyl (C=O) groups is 1. The zero-order valence-electron chi connectivity index (χ0n) is 9.50. The van der Waals surface area contributed by atoms with Gasteiger partial charge in [-0.25, -0.2) is 4.98 Å². The molecule has 5 nitrogen and oxygen atoms in total. The second kappa shape index (κ2) is 4.91. The standard InChI is InChI=1S/C12H7ClN4OS/c13-10-5-8(7-3-1-2-4-9(7)15-10)12(18)16-11-6-14-17-19-11/h1-6H,(H,16,18). The molecule has 0 aliphatic carbocycles. The molecule has 0 fully saturated rings. The van der Waals surface area contributed by atoms with Gasteiger partial charge in [0.15, 0.2) is 0 Å². The molecule has 0 saturated carbocycles. The molecule has 0 aliphatic heterocycles. The average Bonchev–Trinajstić information content (AvgIpc) is 2.90. The molecule has 0 spiro atoms. The Labute approximate surface area is 117 Å². The van der Waals surface area contributed by atoms with Gasteiger partial charge in [0.2, 0.25) is 0 Å². The Kier molecular flexibility index (Phi) is 3.10. The van der Waals surface area contributed by atoms with E-state index in [9.17, 15) is 4.79 Å². The molecule has 94 valence electrons. The molecule has 1 N–H and O–H groups in total. The van der Waals surface area contributed by atoms with E-state index in [1.54, 1.807) is 6.07 Å². The van der Waals surface area contributed by atoms with Crippen molar-refractivity contribution in [3.63, 3.8) is 0 Å². The van der Waals surface area contributed by atoms with Crippen LogP contribution < -0.4 is 5.32 Å². The van der Waals surface area contributed by atoms with Crippen molar-refractivity contribution in [3.05, 3.63) is 47.2 Å². The highest BCUT2D eigenvalue weighted by Gasteiger charge is 2.13. The van der Waals surface area contributed by atoms with Crippen LogP contribution in [-0.4, -0.2) is 20.5 Å². The van der Waals surface area contributed by atoms with E-state index in [0.717, 1.165) is 16.9 Å². The van der Waals surface area contributed by atoms with Gasteiger partial charge in [0.25, 0.3) is 5.91 Å². The highest BCUT2D eigenvalue weighted by atomic mass is 35.5. The lowest BCUT2D eigenvalue weighted by molar-refractivity contribution is 0.102. The van der Waals surface area contributed by atoms with E-state index in [-0.39, 0.29) is 11.1 Å². The summed E-state index contributed by atoms with van der Waals surface area (Å²) in [5.41, 5.74) is 1.16. The summed E-state index contributed by atoms with van der Waals surface area (Å²) in [6.07, 6.45) is 1.49. The first-order chi connectivity index (χ1) is 9.24. The van der Waals surface area contributed by atoms with Crippen molar-refractivity contribution in [3.8, 4) is 0 Å². The molecule has 0 aliphatic rings. The van der Waals surface area contributed by atoms with Crippen molar-refractivity contribution in [1.82, 2.24) is 14.6 Å². The van der Waals surface area contributed by atoms with Gasteiger partial charge in [-0.05, 0) is 12.1 Å². The van der Waals surface area contributed by atoms with Crippen LogP contribution in [-0.2, 0) is 0 Å². The van der Waals surface area contributed by atoms with Gasteiger partial charge in [0.1, 0.15) is 10.2 Å². The summed E-state index contributed by atoms with van der Waals surface area (Å²) in [7, 11) is 0. The minimum atomic E-state index is -0.258. The smallest absolute Gasteiger partial charge is 0.257 e. The first-order valence-corrected chi connectivity index (χ1v) is 6.53. The van der Waals surface area contributed by atoms with Crippen molar-refractivity contribution in [2.45, 2.75) is 0 Å². The third kappa shape index (κ3) is 2.40. The van der Waals surface area contributed by atoms with Crippen molar-refractivity contribution in [2.75, 3.05) is 5.32 Å². The van der Waals surface area contributed by atoms with Gasteiger partial charge in [0, 0.05) is 16.9 Å². The fraction of sp³-hybridized carbons (Fsp3) is 0. The first-order valence-electron chi connectivity index (χ1n) is 5.38. The van der Waals surface area contributed by atoms with Crippen molar-refractivity contribution >= 4 is 44.9 Å². The summed E-state index contributed by atoms with van der Waals surface area (Å²) in [5.74, 6) is -0.258. The van der Waals surface area contributed by atoms with E-state index in [1.807, 2.05) is 24.3 Å². The summed E-state index contributed by atoms with van der Waals surface area (Å²) >= 11 is 7.05. The molecule has 0 bridgehead atoms. The summed E-state index contributed by atoms with van der Waals surface area (Å²) < 4.78 is 3.69. The number of pyridine rings is 1. The maximum atomic E-state index is 12.2. The lowest BCUT2D eigenvalue weighted by atomic mass is 10.1. The molecule has 2 heterocycles. The summed E-state index contributed by atoms with van der Waals surface area (Å²) in [6.45, 7) is 0. The van der Waals surface area contributed by atoms with Crippen LogP contribution in [0.3, 0.4) is 0 Å². The fourth-order valence-electron chi connectivity index (χ4n) is 1.73. The van der Waals surface area contributed by atoms with E-state index < -0.39 is 0 Å². The second-order valence-corrected chi connectivity index (χ2v) is 4.92. The topological polar surface area (TPSA) is 67.8 Å². The minimum Gasteiger partial charge on any atom is -0.311 e. The first kappa shape index (κ1) is 12.0. The van der Waals surface area contributed by atoms with Gasteiger partial charge in [-0.2, -0.15) is 0 Å². The SMILES string of the molecule is O=C(Nc1cnns1)c1cc(Cl)nc2ccccc12. The second-order valence-electron chi connectivity index (χ2n) is 3.75. The van der Waals surface area contributed by atoms with Crippen molar-refractivity contribution < 1.29 is 4.79 Å². The lowest BCUT2D eigenvalue weighted by Gasteiger charge is -2.06. The minimum absolute atomic E-state index is 0.258. The number of nitrogens with one attached hydrogen (secondary N) is 1. The molecule has 3 rings (SSSR count). The lowest BCUT2D eigenvalue weighted by Crippen LogP contribution is -2.11. The maximum absolute atomic E-state index is 12.2. The Hall–Kier alpha value is -2.05. The largest absolute Gasteiger partial charge is 0.311 e. The Balaban J connectivity index is 2.06. The molecule has 7 heteroatoms. The predicted octanol–water partition coefficient (Wildman–Crippen LogP) is 2.99. The van der Waals surface area contributed by atoms with Gasteiger partial charge in [-0.15, -0.1) is 5.10 Å². The number of amides is 1. The number of hydrogen-bond acceptors (Lipinski definition) is 5. The van der Waals surface area contributed by atoms with Crippen LogP contribution in [0, 0.1) is 0 Å². The van der Waals surface area contributed by atoms with E-state index in [4.69, 9.17) is 11.6 Å². The molecular formula is C12H7ClN4OS. The third-order valence-electron chi connectivity index (χ3n) is 2.53. The Morgan fingerprint density at radius 1 is 1.32 bits per heavy atom. The summed E-state index contributed by atoms with van der Waals surface area (Å²) in [6, 6.07) is 8.89. The Bertz CT molecular complexity index is 745. The number of anilines is 1. The van der Waals surface area contributed by atoms with E-state index in [1.165, 1.54) is 6.20 Å². The predicted molar refractivity (Wildman–Crippen MR) is 74.6 cm³/mol. The molecule has 3 aromatic rings. The monoisotopic (exact) mass is 290 g/mol. The van der Waals surface area contributed by atoms with Crippen LogP contribution in [0.15, 0.2) is 36.5 Å². The Morgan fingerprint density at radius 2 is 2.16 bits per heavy atom. The van der Waals surface area contributed by atoms with Gasteiger partial charge in [-0.1, -0.05) is 34.3 Å². The number of halogens is 1. The zero-order chi connectivity index (χ0) is 13.2. The zero-order valence-corrected chi connectivity index (χ0v) is 11.1. The van der Waals surface area contributed by atoms with Crippen LogP contribution in [0.1, 0.15) is 10.4 Å². The molecule has 19 heavy (non-hydrogen) atoms. The average molecular weight is 291 g/mol. The summed E-state index contributed by atoms with van der Waals surface area (Å²) in [4.78, 5) is 16.4. The van der Waals surface area contributed by atoms with E-state index in [2.05, 4.69) is 19.9 Å². The number of para-hydroxylation sites is 1. The Morgan fingerprint density at radius 3 is 2.95 bits per heavy atom. The molecule has 0 unspecified atom stereocenters. The van der Waals surface area contributed by atoms with Gasteiger partial charge in [0.05, 0.1) is 17.3 Å². The quantitative estimate of drug-likeness (QED) is 0.737. The highest BCUT2D eigenvalue weighted by Crippen LogP contribution is 2.22. The van der Waals surface area contributed by atoms with Gasteiger partial charge < -0.3 is 5.32 Å². The van der Waals surface area contributed by atoms with Crippen LogP contribution in [0.25, 0.3) is 10.9 Å². The molecule has 0 atom stereocenters. The normalized spacial score (nSPS) is 10.6. The number of aromatic nitrogens is 3. The third-order valence-corrected chi connectivity index (χ3v) is 3.30. The number of nitrogens with zero attached hydrogens (tertiary/aromatic N) is 3. The number of benzene rings is 1. The molecule has 2 aromatic heterocycles. The molecule has 0 radical (unpaired) electrons. The maximum Gasteiger partial charge on any atom is 0.257 e.